The van der Waals surface area contributed by atoms with Crippen LogP contribution in [0.3, 0.4) is 0 Å². The zero-order valence-electron chi connectivity index (χ0n) is 14.8. The number of carbonyl (C=O) groups excluding carboxylic acids is 1. The largest absolute Gasteiger partial charge is 0.439 e. The van der Waals surface area contributed by atoms with Gasteiger partial charge in [0.05, 0.1) is 0 Å². The first-order chi connectivity index (χ1) is 12.7. The van der Waals surface area contributed by atoms with Crippen LogP contribution in [-0.2, 0) is 4.79 Å². The first-order valence-electron chi connectivity index (χ1n) is 9.05. The normalized spacial score (nSPS) is 22.6. The molecule has 7 nitrogen and oxygen atoms in total. The third kappa shape index (κ3) is 3.68. The molecule has 2 fully saturated rings. The lowest BCUT2D eigenvalue weighted by atomic mass is 10.1. The van der Waals surface area contributed by atoms with Gasteiger partial charge in [-0.3, -0.25) is 10.2 Å². The Morgan fingerprint density at radius 3 is 2.85 bits per heavy atom. The van der Waals surface area contributed by atoms with Crippen LogP contribution in [0.1, 0.15) is 30.3 Å². The van der Waals surface area contributed by atoms with E-state index in [1.165, 1.54) is 0 Å². The number of aromatic nitrogens is 2. The zero-order chi connectivity index (χ0) is 17.9. The summed E-state index contributed by atoms with van der Waals surface area (Å²) in [6.45, 7) is 4.17. The number of ether oxygens (including phenoxy) is 1. The Kier molecular flexibility index (Phi) is 4.81. The Balaban J connectivity index is 1.46. The number of nitrogens with zero attached hydrogens (tertiary/aromatic N) is 3. The van der Waals surface area contributed by atoms with Gasteiger partial charge in [0.15, 0.2) is 0 Å². The molecule has 26 heavy (non-hydrogen) atoms. The molecule has 2 atom stereocenters. The summed E-state index contributed by atoms with van der Waals surface area (Å²) in [6, 6.07) is 11.3. The molecule has 2 aromatic rings. The Bertz CT molecular complexity index is 777. The number of para-hydroxylation sites is 1. The molecular weight excluding hydrogens is 330 g/mol. The second-order valence-electron chi connectivity index (χ2n) is 6.80. The number of hydrazine groups is 1. The summed E-state index contributed by atoms with van der Waals surface area (Å²) in [5.41, 5.74) is 6.93. The van der Waals surface area contributed by atoms with Crippen molar-refractivity contribution < 1.29 is 9.53 Å². The quantitative estimate of drug-likeness (QED) is 0.872. The highest BCUT2D eigenvalue weighted by Crippen LogP contribution is 2.28. The lowest BCUT2D eigenvalue weighted by molar-refractivity contribution is -0.132. The van der Waals surface area contributed by atoms with Crippen LogP contribution in [0.15, 0.2) is 36.4 Å². The molecule has 7 heteroatoms. The molecule has 2 N–H and O–H groups in total. The van der Waals surface area contributed by atoms with Gasteiger partial charge >= 0.3 is 0 Å². The Labute approximate surface area is 152 Å². The molecule has 0 saturated carbocycles. The maximum atomic E-state index is 12.6. The molecule has 1 aromatic carbocycles. The number of hydrogen-bond acceptors (Lipinski definition) is 6. The minimum Gasteiger partial charge on any atom is -0.439 e. The molecule has 4 rings (SSSR count). The number of aryl methyl sites for hydroxylation is 1. The predicted octanol–water partition coefficient (Wildman–Crippen LogP) is 1.76. The second-order valence-corrected chi connectivity index (χ2v) is 6.80. The highest BCUT2D eigenvalue weighted by atomic mass is 16.5. The van der Waals surface area contributed by atoms with E-state index in [4.69, 9.17) is 4.74 Å². The second kappa shape index (κ2) is 7.39. The van der Waals surface area contributed by atoms with Crippen molar-refractivity contribution >= 4 is 5.91 Å². The van der Waals surface area contributed by atoms with E-state index in [2.05, 4.69) is 20.8 Å². The lowest BCUT2D eigenvalue weighted by Crippen LogP contribution is -2.44. The number of rotatable bonds is 4. The molecule has 2 aliphatic heterocycles. The van der Waals surface area contributed by atoms with Crippen LogP contribution in [0, 0.1) is 6.92 Å². The van der Waals surface area contributed by atoms with E-state index < -0.39 is 0 Å². The highest BCUT2D eigenvalue weighted by molar-refractivity contribution is 5.82. The standard InChI is InChI=1S/C19H23N5O2/c1-13-11-17(26-15-5-3-2-4-6-15)22-18(21-13)14-8-10-24(12-14)19(25)16-7-9-20-23-16/h2-6,11,14,16,20,23H,7-10,12H2,1H3. The number of hydrogen-bond donors (Lipinski definition) is 2. The van der Waals surface area contributed by atoms with E-state index in [0.29, 0.717) is 12.4 Å². The van der Waals surface area contributed by atoms with Gasteiger partial charge in [0, 0.05) is 37.3 Å². The van der Waals surface area contributed by atoms with Crippen molar-refractivity contribution in [1.29, 1.82) is 0 Å². The van der Waals surface area contributed by atoms with Gasteiger partial charge in [-0.1, -0.05) is 18.2 Å². The van der Waals surface area contributed by atoms with Gasteiger partial charge in [0.1, 0.15) is 17.6 Å². The van der Waals surface area contributed by atoms with Gasteiger partial charge in [0.2, 0.25) is 11.8 Å². The number of amides is 1. The monoisotopic (exact) mass is 353 g/mol. The third-order valence-electron chi connectivity index (χ3n) is 4.81. The smallest absolute Gasteiger partial charge is 0.241 e. The summed E-state index contributed by atoms with van der Waals surface area (Å²) in [5, 5.41) is 0. The molecule has 3 heterocycles. The molecular formula is C19H23N5O2. The van der Waals surface area contributed by atoms with Crippen LogP contribution >= 0.6 is 0 Å². The fourth-order valence-electron chi connectivity index (χ4n) is 3.47. The molecule has 1 aromatic heterocycles. The SMILES string of the molecule is Cc1cc(Oc2ccccc2)nc(C2CCN(C(=O)C3CCNN3)C2)n1. The van der Waals surface area contributed by atoms with Crippen LogP contribution in [0.25, 0.3) is 0 Å². The van der Waals surface area contributed by atoms with Crippen molar-refractivity contribution in [2.45, 2.75) is 31.7 Å². The average Bonchev–Trinajstić information content (AvgIpc) is 3.34. The number of likely N-dealkylation sites (tertiary alicyclic amines) is 1. The Morgan fingerprint density at radius 1 is 1.23 bits per heavy atom. The molecule has 1 amide bonds. The zero-order valence-corrected chi connectivity index (χ0v) is 14.8. The van der Waals surface area contributed by atoms with Gasteiger partial charge in [-0.05, 0) is 31.9 Å². The van der Waals surface area contributed by atoms with E-state index in [0.717, 1.165) is 43.2 Å². The summed E-state index contributed by atoms with van der Waals surface area (Å²) >= 11 is 0. The van der Waals surface area contributed by atoms with Gasteiger partial charge in [-0.2, -0.15) is 4.98 Å². The van der Waals surface area contributed by atoms with Gasteiger partial charge < -0.3 is 9.64 Å². The minimum absolute atomic E-state index is 0.121. The summed E-state index contributed by atoms with van der Waals surface area (Å²) in [7, 11) is 0. The van der Waals surface area contributed by atoms with Crippen LogP contribution in [-0.4, -0.2) is 46.5 Å². The minimum atomic E-state index is -0.121. The van der Waals surface area contributed by atoms with Crippen molar-refractivity contribution in [1.82, 2.24) is 25.7 Å². The molecule has 2 unspecified atom stereocenters. The molecule has 0 aliphatic carbocycles. The van der Waals surface area contributed by atoms with Crippen molar-refractivity contribution in [3.8, 4) is 11.6 Å². The highest BCUT2D eigenvalue weighted by Gasteiger charge is 2.34. The first kappa shape index (κ1) is 16.9. The lowest BCUT2D eigenvalue weighted by Gasteiger charge is -2.20. The van der Waals surface area contributed by atoms with Crippen molar-refractivity contribution in [3.63, 3.8) is 0 Å². The van der Waals surface area contributed by atoms with E-state index in [1.807, 2.05) is 48.2 Å². The van der Waals surface area contributed by atoms with Crippen LogP contribution in [0.4, 0.5) is 0 Å². The number of benzene rings is 1. The van der Waals surface area contributed by atoms with Gasteiger partial charge in [0.25, 0.3) is 0 Å². The summed E-state index contributed by atoms with van der Waals surface area (Å²) < 4.78 is 5.87. The molecule has 2 aliphatic rings. The summed E-state index contributed by atoms with van der Waals surface area (Å²) in [5.74, 6) is 2.35. The Hall–Kier alpha value is -2.51. The van der Waals surface area contributed by atoms with E-state index in [1.54, 1.807) is 0 Å². The third-order valence-corrected chi connectivity index (χ3v) is 4.81. The predicted molar refractivity (Wildman–Crippen MR) is 96.8 cm³/mol. The van der Waals surface area contributed by atoms with Crippen molar-refractivity contribution in [2.75, 3.05) is 19.6 Å². The molecule has 136 valence electrons. The van der Waals surface area contributed by atoms with E-state index in [9.17, 15) is 4.79 Å². The summed E-state index contributed by atoms with van der Waals surface area (Å²) in [6.07, 6.45) is 1.70. The van der Waals surface area contributed by atoms with E-state index >= 15 is 0 Å². The van der Waals surface area contributed by atoms with Crippen LogP contribution < -0.4 is 15.6 Å². The Morgan fingerprint density at radius 2 is 2.08 bits per heavy atom. The first-order valence-corrected chi connectivity index (χ1v) is 9.05. The number of nitrogens with one attached hydrogen (secondary N) is 2. The van der Waals surface area contributed by atoms with Crippen LogP contribution in [0.2, 0.25) is 0 Å². The van der Waals surface area contributed by atoms with Gasteiger partial charge in [-0.15, -0.1) is 0 Å². The molecule has 2 saturated heterocycles. The van der Waals surface area contributed by atoms with Crippen LogP contribution in [0.5, 0.6) is 11.6 Å². The fourth-order valence-corrected chi connectivity index (χ4v) is 3.47. The molecule has 0 radical (unpaired) electrons. The van der Waals surface area contributed by atoms with Gasteiger partial charge in [-0.25, -0.2) is 10.4 Å². The average molecular weight is 353 g/mol. The number of carbonyl (C=O) groups is 1. The van der Waals surface area contributed by atoms with Crippen molar-refractivity contribution in [3.05, 3.63) is 47.9 Å². The van der Waals surface area contributed by atoms with E-state index in [-0.39, 0.29) is 17.9 Å². The maximum absolute atomic E-state index is 12.6. The van der Waals surface area contributed by atoms with Crippen molar-refractivity contribution in [2.24, 2.45) is 0 Å². The fraction of sp³-hybridized carbons (Fsp3) is 0.421. The molecule has 0 spiro atoms. The summed E-state index contributed by atoms with van der Waals surface area (Å²) in [4.78, 5) is 23.7. The maximum Gasteiger partial charge on any atom is 0.241 e. The topological polar surface area (TPSA) is 79.4 Å². The molecule has 0 bridgehead atoms.